The summed E-state index contributed by atoms with van der Waals surface area (Å²) in [5, 5.41) is 9.35. The van der Waals surface area contributed by atoms with Crippen molar-refractivity contribution < 1.29 is 28.0 Å². The fraction of sp³-hybridized carbons (Fsp3) is 0.667. The second-order valence-electron chi connectivity index (χ2n) is 9.37. The highest BCUT2D eigenvalue weighted by Crippen LogP contribution is 2.29. The number of carbonyl (C=O) groups is 2. The number of nitrogens with one attached hydrogen (secondary N) is 1. The Bertz CT molecular complexity index is 898. The first kappa shape index (κ1) is 28.1. The molecule has 192 valence electrons. The summed E-state index contributed by atoms with van der Waals surface area (Å²) in [6.45, 7) is 5.52. The van der Waals surface area contributed by atoms with E-state index in [4.69, 9.17) is 4.74 Å². The predicted molar refractivity (Wildman–Crippen MR) is 129 cm³/mol. The summed E-state index contributed by atoms with van der Waals surface area (Å²) in [7, 11) is -0.637. The topological polar surface area (TPSA) is 116 Å². The van der Waals surface area contributed by atoms with Crippen LogP contribution in [0.2, 0.25) is 0 Å². The molecule has 0 aliphatic carbocycles. The number of benzene rings is 1. The Kier molecular flexibility index (Phi) is 10.8. The third-order valence-corrected chi connectivity index (χ3v) is 8.26. The number of hydrogen-bond acceptors (Lipinski definition) is 6. The molecule has 1 aromatic rings. The lowest BCUT2D eigenvalue weighted by Gasteiger charge is -2.33. The zero-order valence-electron chi connectivity index (χ0n) is 20.7. The van der Waals surface area contributed by atoms with E-state index in [2.05, 4.69) is 0 Å². The van der Waals surface area contributed by atoms with Crippen LogP contribution in [0.15, 0.2) is 29.2 Å². The van der Waals surface area contributed by atoms with Gasteiger partial charge in [0.1, 0.15) is 11.7 Å². The molecule has 0 saturated carbocycles. The minimum Gasteiger partial charge on any atom is -0.497 e. The number of amides is 2. The number of hydroxylamine groups is 1. The van der Waals surface area contributed by atoms with E-state index in [0.29, 0.717) is 38.1 Å². The summed E-state index contributed by atoms with van der Waals surface area (Å²) in [5.74, 6) is -1.44. The van der Waals surface area contributed by atoms with Gasteiger partial charge < -0.3 is 9.64 Å². The number of carbonyl (C=O) groups excluding carboxylic acids is 2. The van der Waals surface area contributed by atoms with Crippen LogP contribution >= 0.6 is 0 Å². The lowest BCUT2D eigenvalue weighted by atomic mass is 9.80. The molecule has 0 unspecified atom stereocenters. The van der Waals surface area contributed by atoms with Crippen LogP contribution < -0.4 is 10.2 Å². The summed E-state index contributed by atoms with van der Waals surface area (Å²) < 4.78 is 32.2. The average Bonchev–Trinajstić information content (AvgIpc) is 2.83. The van der Waals surface area contributed by atoms with Gasteiger partial charge in [0.05, 0.1) is 12.0 Å². The van der Waals surface area contributed by atoms with Crippen molar-refractivity contribution in [3.8, 4) is 5.75 Å². The number of likely N-dealkylation sites (tertiary alicyclic amines) is 1. The fourth-order valence-corrected chi connectivity index (χ4v) is 5.77. The molecule has 2 rings (SSSR count). The molecular formula is C24H39N3O6S. The Labute approximate surface area is 203 Å². The maximum atomic E-state index is 13.3. The summed E-state index contributed by atoms with van der Waals surface area (Å²) in [6, 6.07) is 6.21. The second-order valence-corrected chi connectivity index (χ2v) is 11.4. The van der Waals surface area contributed by atoms with Gasteiger partial charge in [-0.15, -0.1) is 0 Å². The molecule has 10 heteroatoms. The van der Waals surface area contributed by atoms with E-state index in [1.54, 1.807) is 22.5 Å². The lowest BCUT2D eigenvalue weighted by molar-refractivity contribution is -0.149. The van der Waals surface area contributed by atoms with Crippen LogP contribution in [-0.4, -0.2) is 68.4 Å². The van der Waals surface area contributed by atoms with E-state index in [-0.39, 0.29) is 29.2 Å². The number of ether oxygens (including phenoxy) is 1. The van der Waals surface area contributed by atoms with Gasteiger partial charge in [0.25, 0.3) is 5.91 Å². The molecular weight excluding hydrogens is 458 g/mol. The smallest absolute Gasteiger partial charge is 0.256 e. The molecule has 0 bridgehead atoms. The van der Waals surface area contributed by atoms with E-state index in [9.17, 15) is 23.2 Å². The van der Waals surface area contributed by atoms with Gasteiger partial charge in [-0.1, -0.05) is 13.8 Å². The molecule has 1 aliphatic heterocycles. The molecule has 0 spiro atoms. The first-order chi connectivity index (χ1) is 16.1. The number of hydrogen-bond donors (Lipinski definition) is 2. The monoisotopic (exact) mass is 497 g/mol. The summed E-state index contributed by atoms with van der Waals surface area (Å²) in [6.07, 6.45) is 4.45. The van der Waals surface area contributed by atoms with Crippen LogP contribution in [0.1, 0.15) is 52.4 Å². The van der Waals surface area contributed by atoms with E-state index in [1.807, 2.05) is 13.8 Å². The SMILES string of the molecule is COc1ccc(S(=O)(=O)N(C)CCC[C@H](CC(C)C)[C@H](C(=O)NO)C(=O)N2CCCCC2)cc1. The van der Waals surface area contributed by atoms with Crippen molar-refractivity contribution in [2.24, 2.45) is 17.8 Å². The van der Waals surface area contributed by atoms with Gasteiger partial charge in [0.2, 0.25) is 15.9 Å². The van der Waals surface area contributed by atoms with Crippen LogP contribution in [0.4, 0.5) is 0 Å². The quantitative estimate of drug-likeness (QED) is 0.261. The maximum Gasteiger partial charge on any atom is 0.256 e. The van der Waals surface area contributed by atoms with Gasteiger partial charge in [-0.3, -0.25) is 14.8 Å². The van der Waals surface area contributed by atoms with E-state index in [1.165, 1.54) is 30.6 Å². The first-order valence-electron chi connectivity index (χ1n) is 11.9. The molecule has 0 radical (unpaired) electrons. The number of nitrogens with zero attached hydrogens (tertiary/aromatic N) is 2. The molecule has 2 amide bonds. The van der Waals surface area contributed by atoms with Gasteiger partial charge in [-0.25, -0.2) is 18.2 Å². The molecule has 1 fully saturated rings. The van der Waals surface area contributed by atoms with Gasteiger partial charge in [-0.2, -0.15) is 0 Å². The highest BCUT2D eigenvalue weighted by atomic mass is 32.2. The van der Waals surface area contributed by atoms with Crippen molar-refractivity contribution >= 4 is 21.8 Å². The molecule has 34 heavy (non-hydrogen) atoms. The third-order valence-electron chi connectivity index (χ3n) is 6.39. The van der Waals surface area contributed by atoms with Crippen molar-refractivity contribution in [2.45, 2.75) is 57.3 Å². The molecule has 1 aliphatic rings. The van der Waals surface area contributed by atoms with E-state index < -0.39 is 21.8 Å². The number of piperidine rings is 1. The van der Waals surface area contributed by atoms with Gasteiger partial charge in [-0.05, 0) is 74.6 Å². The van der Waals surface area contributed by atoms with Gasteiger partial charge in [0.15, 0.2) is 0 Å². The first-order valence-corrected chi connectivity index (χ1v) is 13.4. The number of methoxy groups -OCH3 is 1. The van der Waals surface area contributed by atoms with Crippen molar-refractivity contribution in [2.75, 3.05) is 33.8 Å². The average molecular weight is 498 g/mol. The van der Waals surface area contributed by atoms with Crippen LogP contribution in [-0.2, 0) is 19.6 Å². The Balaban J connectivity index is 2.11. The fourth-order valence-electron chi connectivity index (χ4n) is 4.56. The Morgan fingerprint density at radius 2 is 1.76 bits per heavy atom. The van der Waals surface area contributed by atoms with Crippen LogP contribution in [0, 0.1) is 17.8 Å². The van der Waals surface area contributed by atoms with Crippen molar-refractivity contribution in [1.82, 2.24) is 14.7 Å². The van der Waals surface area contributed by atoms with Crippen molar-refractivity contribution in [1.29, 1.82) is 0 Å². The van der Waals surface area contributed by atoms with E-state index in [0.717, 1.165) is 19.3 Å². The normalized spacial score (nSPS) is 16.4. The number of rotatable bonds is 12. The lowest BCUT2D eigenvalue weighted by Crippen LogP contribution is -2.48. The molecule has 2 N–H and O–H groups in total. The van der Waals surface area contributed by atoms with E-state index >= 15 is 0 Å². The van der Waals surface area contributed by atoms with Crippen molar-refractivity contribution in [3.63, 3.8) is 0 Å². The molecule has 1 saturated heterocycles. The van der Waals surface area contributed by atoms with Gasteiger partial charge >= 0.3 is 0 Å². The zero-order chi connectivity index (χ0) is 25.3. The van der Waals surface area contributed by atoms with Crippen LogP contribution in [0.3, 0.4) is 0 Å². The van der Waals surface area contributed by atoms with Crippen LogP contribution in [0.25, 0.3) is 0 Å². The Morgan fingerprint density at radius 3 is 2.29 bits per heavy atom. The minimum absolute atomic E-state index is 0.173. The largest absolute Gasteiger partial charge is 0.497 e. The molecule has 2 atom stereocenters. The highest BCUT2D eigenvalue weighted by molar-refractivity contribution is 7.89. The summed E-state index contributed by atoms with van der Waals surface area (Å²) >= 11 is 0. The molecule has 9 nitrogen and oxygen atoms in total. The second kappa shape index (κ2) is 13.1. The summed E-state index contributed by atoms with van der Waals surface area (Å²) in [4.78, 5) is 27.7. The predicted octanol–water partition coefficient (Wildman–Crippen LogP) is 2.89. The maximum absolute atomic E-state index is 13.3. The Morgan fingerprint density at radius 1 is 1.15 bits per heavy atom. The zero-order valence-corrected chi connectivity index (χ0v) is 21.5. The molecule has 1 heterocycles. The third kappa shape index (κ3) is 7.41. The molecule has 0 aromatic heterocycles. The van der Waals surface area contributed by atoms with Crippen molar-refractivity contribution in [3.05, 3.63) is 24.3 Å². The number of sulfonamides is 1. The van der Waals surface area contributed by atoms with Gasteiger partial charge in [0, 0.05) is 26.7 Å². The highest BCUT2D eigenvalue weighted by Gasteiger charge is 2.38. The van der Waals surface area contributed by atoms with Crippen LogP contribution in [0.5, 0.6) is 5.75 Å². The summed E-state index contributed by atoms with van der Waals surface area (Å²) in [5.41, 5.74) is 1.69. The molecule has 1 aromatic carbocycles. The minimum atomic E-state index is -3.68. The Hall–Kier alpha value is -2.17. The standard InChI is InChI=1S/C24H39N3O6S/c1-18(2)17-19(22(23(28)25-30)24(29)27-15-6-5-7-16-27)9-8-14-26(3)34(31,32)21-12-10-20(33-4)11-13-21/h10-13,18-19,22,30H,5-9,14-17H2,1-4H3,(H,25,28)/t19-,22-/m1/s1.